The van der Waals surface area contributed by atoms with Gasteiger partial charge in [-0.15, -0.1) is 0 Å². The Labute approximate surface area is 50.9 Å². The predicted molar refractivity (Wildman–Crippen MR) is 33.2 cm³/mol. The molecule has 0 radical (unpaired) electrons. The van der Waals surface area contributed by atoms with E-state index in [1.54, 1.807) is 0 Å². The van der Waals surface area contributed by atoms with Crippen molar-refractivity contribution >= 4 is 15.9 Å². The fourth-order valence-corrected chi connectivity index (χ4v) is 0.691. The molecule has 1 nitrogen and oxygen atoms in total. The molecular formula is C5H6BrN. The number of H-pyrrole nitrogens is 1. The van der Waals surface area contributed by atoms with Crippen molar-refractivity contribution in [3.63, 3.8) is 0 Å². The third-order valence-electron chi connectivity index (χ3n) is 0.890. The van der Waals surface area contributed by atoms with Gasteiger partial charge in [-0.3, -0.25) is 0 Å². The molecule has 0 fully saturated rings. The van der Waals surface area contributed by atoms with Crippen LogP contribution in [0.5, 0.6) is 0 Å². The average molecular weight is 160 g/mol. The lowest BCUT2D eigenvalue weighted by molar-refractivity contribution is 1.32. The number of aromatic amines is 1. The summed E-state index contributed by atoms with van der Waals surface area (Å²) in [7, 11) is 0. The topological polar surface area (TPSA) is 15.8 Å². The summed E-state index contributed by atoms with van der Waals surface area (Å²) in [4.78, 5) is 2.98. The first-order chi connectivity index (χ1) is 3.30. The van der Waals surface area contributed by atoms with Gasteiger partial charge in [0, 0.05) is 6.20 Å². The van der Waals surface area contributed by atoms with Crippen LogP contribution in [0.3, 0.4) is 0 Å². The van der Waals surface area contributed by atoms with E-state index in [4.69, 9.17) is 0 Å². The Morgan fingerprint density at radius 1 is 1.71 bits per heavy atom. The van der Waals surface area contributed by atoms with Crippen molar-refractivity contribution in [2.45, 2.75) is 6.92 Å². The van der Waals surface area contributed by atoms with E-state index in [9.17, 15) is 0 Å². The number of nitrogens with one attached hydrogen (secondary N) is 1. The lowest BCUT2D eigenvalue weighted by Gasteiger charge is -1.78. The molecule has 0 aliphatic heterocycles. The second-order valence-corrected chi connectivity index (χ2v) is 2.27. The summed E-state index contributed by atoms with van der Waals surface area (Å²) < 4.78 is 1.08. The van der Waals surface area contributed by atoms with Gasteiger partial charge in [-0.2, -0.15) is 0 Å². The van der Waals surface area contributed by atoms with E-state index in [0.29, 0.717) is 0 Å². The highest BCUT2D eigenvalue weighted by Gasteiger charge is 1.87. The van der Waals surface area contributed by atoms with E-state index in [-0.39, 0.29) is 0 Å². The molecule has 0 unspecified atom stereocenters. The molecule has 7 heavy (non-hydrogen) atoms. The summed E-state index contributed by atoms with van der Waals surface area (Å²) in [5, 5.41) is 0. The first kappa shape index (κ1) is 4.91. The molecule has 1 heterocycles. The minimum Gasteiger partial charge on any atom is -0.356 e. The Morgan fingerprint density at radius 2 is 2.43 bits per heavy atom. The molecule has 1 aromatic heterocycles. The van der Waals surface area contributed by atoms with Crippen molar-refractivity contribution in [3.8, 4) is 0 Å². The molecule has 0 aromatic carbocycles. The number of aryl methyl sites for hydroxylation is 1. The Bertz CT molecular complexity index is 140. The molecule has 0 aliphatic rings. The summed E-state index contributed by atoms with van der Waals surface area (Å²) in [6.07, 6.45) is 1.90. The molecule has 0 saturated carbocycles. The van der Waals surface area contributed by atoms with Crippen LogP contribution in [0.25, 0.3) is 0 Å². The molecular weight excluding hydrogens is 154 g/mol. The molecule has 0 amide bonds. The first-order valence-electron chi connectivity index (χ1n) is 2.10. The van der Waals surface area contributed by atoms with Crippen molar-refractivity contribution in [2.75, 3.05) is 0 Å². The maximum absolute atomic E-state index is 3.31. The fourth-order valence-electron chi connectivity index (χ4n) is 0.427. The molecule has 0 spiro atoms. The Kier molecular flexibility index (Phi) is 1.19. The van der Waals surface area contributed by atoms with E-state index in [1.807, 2.05) is 19.2 Å². The van der Waals surface area contributed by atoms with Gasteiger partial charge in [-0.1, -0.05) is 0 Å². The van der Waals surface area contributed by atoms with Crippen LogP contribution in [0.1, 0.15) is 5.56 Å². The van der Waals surface area contributed by atoms with Gasteiger partial charge in [0.25, 0.3) is 0 Å². The molecule has 0 saturated heterocycles. The Morgan fingerprint density at radius 3 is 2.57 bits per heavy atom. The zero-order valence-electron chi connectivity index (χ0n) is 4.03. The summed E-state index contributed by atoms with van der Waals surface area (Å²) in [6, 6.07) is 2.02. The van der Waals surface area contributed by atoms with Crippen molar-refractivity contribution in [2.24, 2.45) is 0 Å². The lowest BCUT2D eigenvalue weighted by atomic mass is 10.4. The highest BCUT2D eigenvalue weighted by molar-refractivity contribution is 9.10. The minimum atomic E-state index is 1.08. The van der Waals surface area contributed by atoms with E-state index >= 15 is 0 Å². The highest BCUT2D eigenvalue weighted by atomic mass is 79.9. The summed E-state index contributed by atoms with van der Waals surface area (Å²) in [6.45, 7) is 2.04. The monoisotopic (exact) mass is 159 g/mol. The SMILES string of the molecule is Cc1cc[nH]c1Br. The second kappa shape index (κ2) is 1.70. The number of hydrogen-bond acceptors (Lipinski definition) is 0. The average Bonchev–Trinajstić information content (AvgIpc) is 1.91. The molecule has 0 bridgehead atoms. The predicted octanol–water partition coefficient (Wildman–Crippen LogP) is 2.09. The maximum atomic E-state index is 3.31. The number of rotatable bonds is 0. The van der Waals surface area contributed by atoms with Crippen LogP contribution in [-0.2, 0) is 0 Å². The van der Waals surface area contributed by atoms with Crippen LogP contribution in [0.4, 0.5) is 0 Å². The molecule has 1 aromatic rings. The van der Waals surface area contributed by atoms with Gasteiger partial charge >= 0.3 is 0 Å². The van der Waals surface area contributed by atoms with Gasteiger partial charge in [0.15, 0.2) is 0 Å². The number of hydrogen-bond donors (Lipinski definition) is 1. The Balaban J connectivity index is 3.12. The number of aromatic nitrogens is 1. The minimum absolute atomic E-state index is 1.08. The van der Waals surface area contributed by atoms with Crippen LogP contribution in [0.2, 0.25) is 0 Å². The molecule has 2 heteroatoms. The van der Waals surface area contributed by atoms with E-state index in [0.717, 1.165) is 4.60 Å². The Hall–Kier alpha value is -0.240. The van der Waals surface area contributed by atoms with Crippen molar-refractivity contribution in [1.29, 1.82) is 0 Å². The van der Waals surface area contributed by atoms with Gasteiger partial charge < -0.3 is 4.98 Å². The smallest absolute Gasteiger partial charge is 0.0849 e. The van der Waals surface area contributed by atoms with Crippen LogP contribution in [0.15, 0.2) is 16.9 Å². The third-order valence-corrected chi connectivity index (χ3v) is 1.74. The first-order valence-corrected chi connectivity index (χ1v) is 2.89. The zero-order chi connectivity index (χ0) is 5.28. The van der Waals surface area contributed by atoms with Gasteiger partial charge in [0.1, 0.15) is 0 Å². The van der Waals surface area contributed by atoms with Crippen LogP contribution < -0.4 is 0 Å². The quantitative estimate of drug-likeness (QED) is 0.597. The molecule has 38 valence electrons. The van der Waals surface area contributed by atoms with Gasteiger partial charge in [-0.25, -0.2) is 0 Å². The van der Waals surface area contributed by atoms with E-state index in [2.05, 4.69) is 20.9 Å². The van der Waals surface area contributed by atoms with E-state index in [1.165, 1.54) is 5.56 Å². The summed E-state index contributed by atoms with van der Waals surface area (Å²) >= 11 is 3.31. The fraction of sp³-hybridized carbons (Fsp3) is 0.200. The lowest BCUT2D eigenvalue weighted by Crippen LogP contribution is -1.61. The normalized spacial score (nSPS) is 9.43. The van der Waals surface area contributed by atoms with Gasteiger partial charge in [-0.05, 0) is 34.5 Å². The van der Waals surface area contributed by atoms with E-state index < -0.39 is 0 Å². The van der Waals surface area contributed by atoms with Gasteiger partial charge in [0.2, 0.25) is 0 Å². The molecule has 1 N–H and O–H groups in total. The van der Waals surface area contributed by atoms with Crippen LogP contribution in [0, 0.1) is 6.92 Å². The standard InChI is InChI=1S/C5H6BrN/c1-4-2-3-7-5(4)6/h2-3,7H,1H3. The summed E-state index contributed by atoms with van der Waals surface area (Å²) in [5.74, 6) is 0. The third kappa shape index (κ3) is 0.855. The van der Waals surface area contributed by atoms with Crippen molar-refractivity contribution in [1.82, 2.24) is 4.98 Å². The second-order valence-electron chi connectivity index (χ2n) is 1.47. The van der Waals surface area contributed by atoms with Crippen molar-refractivity contribution < 1.29 is 0 Å². The number of halogens is 1. The molecule has 0 atom stereocenters. The maximum Gasteiger partial charge on any atom is 0.0849 e. The molecule has 0 aliphatic carbocycles. The van der Waals surface area contributed by atoms with Crippen LogP contribution in [-0.4, -0.2) is 4.98 Å². The summed E-state index contributed by atoms with van der Waals surface area (Å²) in [5.41, 5.74) is 1.25. The molecule has 1 rings (SSSR count). The van der Waals surface area contributed by atoms with Crippen LogP contribution >= 0.6 is 15.9 Å². The van der Waals surface area contributed by atoms with Gasteiger partial charge in [0.05, 0.1) is 4.60 Å². The zero-order valence-corrected chi connectivity index (χ0v) is 5.62. The highest BCUT2D eigenvalue weighted by Crippen LogP contribution is 2.10. The van der Waals surface area contributed by atoms with Crippen molar-refractivity contribution in [3.05, 3.63) is 22.4 Å². The largest absolute Gasteiger partial charge is 0.356 e.